The number of hydrogen-bond donors (Lipinski definition) is 3. The number of methoxy groups -OCH3 is 1. The molecule has 0 radical (unpaired) electrons. The van der Waals surface area contributed by atoms with Crippen molar-refractivity contribution in [1.29, 1.82) is 0 Å². The van der Waals surface area contributed by atoms with E-state index in [-0.39, 0.29) is 17.2 Å². The highest BCUT2D eigenvalue weighted by Gasteiger charge is 2.11. The van der Waals surface area contributed by atoms with Crippen LogP contribution in [-0.4, -0.2) is 30.3 Å². The van der Waals surface area contributed by atoms with Gasteiger partial charge >= 0.3 is 0 Å². The average Bonchev–Trinajstić information content (AvgIpc) is 2.61. The fourth-order valence-electron chi connectivity index (χ4n) is 1.91. The van der Waals surface area contributed by atoms with Crippen molar-refractivity contribution in [2.24, 2.45) is 5.10 Å². The number of ether oxygens (including phenoxy) is 1. The molecule has 2 rings (SSSR count). The number of carbonyl (C=O) groups is 2. The SMILES string of the molecule is COc1cc(C=NNC(=O)c2ccccc2Br)ccc1C(=O)NO. The van der Waals surface area contributed by atoms with Gasteiger partial charge in [0.2, 0.25) is 0 Å². The minimum Gasteiger partial charge on any atom is -0.496 e. The molecular formula is C16H14BrN3O4. The molecule has 0 aromatic heterocycles. The number of nitrogens with one attached hydrogen (secondary N) is 2. The molecule has 2 aromatic carbocycles. The predicted molar refractivity (Wildman–Crippen MR) is 91.4 cm³/mol. The zero-order valence-electron chi connectivity index (χ0n) is 12.6. The van der Waals surface area contributed by atoms with E-state index in [2.05, 4.69) is 26.5 Å². The Hall–Kier alpha value is -2.71. The highest BCUT2D eigenvalue weighted by Crippen LogP contribution is 2.19. The minimum absolute atomic E-state index is 0.175. The summed E-state index contributed by atoms with van der Waals surface area (Å²) in [5, 5.41) is 12.6. The molecule has 0 bridgehead atoms. The summed E-state index contributed by atoms with van der Waals surface area (Å²) in [6, 6.07) is 11.6. The number of amides is 2. The van der Waals surface area contributed by atoms with Crippen LogP contribution in [0.5, 0.6) is 5.75 Å². The summed E-state index contributed by atoms with van der Waals surface area (Å²) >= 11 is 3.29. The maximum absolute atomic E-state index is 12.0. The molecule has 0 aliphatic carbocycles. The number of benzene rings is 2. The number of hydrazone groups is 1. The van der Waals surface area contributed by atoms with Crippen LogP contribution in [0.1, 0.15) is 26.3 Å². The highest BCUT2D eigenvalue weighted by atomic mass is 79.9. The van der Waals surface area contributed by atoms with Crippen LogP contribution in [0, 0.1) is 0 Å². The van der Waals surface area contributed by atoms with E-state index in [0.29, 0.717) is 15.6 Å². The van der Waals surface area contributed by atoms with Crippen LogP contribution in [0.3, 0.4) is 0 Å². The second-order valence-corrected chi connectivity index (χ2v) is 5.43. The fraction of sp³-hybridized carbons (Fsp3) is 0.0625. The molecule has 0 aliphatic heterocycles. The van der Waals surface area contributed by atoms with E-state index < -0.39 is 5.91 Å². The van der Waals surface area contributed by atoms with Crippen molar-refractivity contribution in [3.8, 4) is 5.75 Å². The summed E-state index contributed by atoms with van der Waals surface area (Å²) in [5.74, 6) is -0.776. The molecule has 0 spiro atoms. The molecule has 0 heterocycles. The highest BCUT2D eigenvalue weighted by molar-refractivity contribution is 9.10. The Morgan fingerprint density at radius 1 is 1.17 bits per heavy atom. The summed E-state index contributed by atoms with van der Waals surface area (Å²) in [4.78, 5) is 23.5. The molecule has 3 N–H and O–H groups in total. The maximum atomic E-state index is 12.0. The molecule has 0 saturated carbocycles. The van der Waals surface area contributed by atoms with Gasteiger partial charge in [-0.1, -0.05) is 18.2 Å². The number of carbonyl (C=O) groups excluding carboxylic acids is 2. The van der Waals surface area contributed by atoms with Crippen molar-refractivity contribution in [3.05, 3.63) is 63.6 Å². The quantitative estimate of drug-likeness (QED) is 0.413. The van der Waals surface area contributed by atoms with Crippen LogP contribution in [0.15, 0.2) is 52.0 Å². The van der Waals surface area contributed by atoms with Gasteiger partial charge in [-0.25, -0.2) is 10.9 Å². The first-order valence-corrected chi connectivity index (χ1v) is 7.56. The first-order valence-electron chi connectivity index (χ1n) is 6.77. The molecule has 0 unspecified atom stereocenters. The molecule has 8 heteroatoms. The molecule has 2 amide bonds. The summed E-state index contributed by atoms with van der Waals surface area (Å²) in [6.45, 7) is 0. The Morgan fingerprint density at radius 2 is 1.92 bits per heavy atom. The number of nitrogens with zero attached hydrogens (tertiary/aromatic N) is 1. The van der Waals surface area contributed by atoms with Gasteiger partial charge in [0.15, 0.2) is 0 Å². The lowest BCUT2D eigenvalue weighted by Crippen LogP contribution is -2.19. The largest absolute Gasteiger partial charge is 0.496 e. The van der Waals surface area contributed by atoms with Crippen molar-refractivity contribution in [1.82, 2.24) is 10.9 Å². The normalized spacial score (nSPS) is 10.5. The van der Waals surface area contributed by atoms with E-state index in [1.807, 2.05) is 0 Å². The van der Waals surface area contributed by atoms with Gasteiger partial charge < -0.3 is 4.74 Å². The Bertz CT molecular complexity index is 793. The predicted octanol–water partition coefficient (Wildman–Crippen LogP) is 2.34. The average molecular weight is 392 g/mol. The van der Waals surface area contributed by atoms with Gasteiger partial charge in [-0.05, 0) is 45.8 Å². The molecule has 2 aromatic rings. The van der Waals surface area contributed by atoms with Crippen molar-refractivity contribution in [2.45, 2.75) is 0 Å². The van der Waals surface area contributed by atoms with Crippen LogP contribution in [0.4, 0.5) is 0 Å². The van der Waals surface area contributed by atoms with Gasteiger partial charge in [0.05, 0.1) is 24.5 Å². The standard InChI is InChI=1S/C16H14BrN3O4/c1-24-14-8-10(6-7-12(14)16(22)20-23)9-18-19-15(21)11-4-2-3-5-13(11)17/h2-9,23H,1H3,(H,19,21)(H,20,22). The van der Waals surface area contributed by atoms with Crippen LogP contribution in [-0.2, 0) is 0 Å². The number of rotatable bonds is 5. The number of hydroxylamine groups is 1. The van der Waals surface area contributed by atoms with Crippen molar-refractivity contribution >= 4 is 34.0 Å². The topological polar surface area (TPSA) is 100 Å². The molecule has 0 aliphatic rings. The Kier molecular flexibility index (Phi) is 6.05. The van der Waals surface area contributed by atoms with Gasteiger partial charge in [-0.2, -0.15) is 5.10 Å². The third-order valence-corrected chi connectivity index (χ3v) is 3.76. The zero-order valence-corrected chi connectivity index (χ0v) is 14.2. The first-order chi connectivity index (χ1) is 11.6. The second-order valence-electron chi connectivity index (χ2n) is 4.58. The Labute approximate surface area is 146 Å². The third-order valence-electron chi connectivity index (χ3n) is 3.07. The van der Waals surface area contributed by atoms with Gasteiger partial charge in [-0.3, -0.25) is 14.8 Å². The number of halogens is 1. The zero-order chi connectivity index (χ0) is 17.5. The fourth-order valence-corrected chi connectivity index (χ4v) is 2.37. The van der Waals surface area contributed by atoms with E-state index in [1.54, 1.807) is 41.9 Å². The van der Waals surface area contributed by atoms with E-state index in [4.69, 9.17) is 9.94 Å². The summed E-state index contributed by atoms with van der Waals surface area (Å²) in [5.41, 5.74) is 5.20. The van der Waals surface area contributed by atoms with Gasteiger partial charge in [0, 0.05) is 4.47 Å². The maximum Gasteiger partial charge on any atom is 0.278 e. The smallest absolute Gasteiger partial charge is 0.278 e. The third kappa shape index (κ3) is 4.18. The monoisotopic (exact) mass is 391 g/mol. The van der Waals surface area contributed by atoms with Crippen molar-refractivity contribution in [2.75, 3.05) is 7.11 Å². The van der Waals surface area contributed by atoms with Crippen molar-refractivity contribution in [3.63, 3.8) is 0 Å². The van der Waals surface area contributed by atoms with Crippen LogP contribution in [0.2, 0.25) is 0 Å². The lowest BCUT2D eigenvalue weighted by atomic mass is 10.1. The Morgan fingerprint density at radius 3 is 2.58 bits per heavy atom. The minimum atomic E-state index is -0.683. The number of hydrogen-bond acceptors (Lipinski definition) is 5. The van der Waals surface area contributed by atoms with E-state index in [9.17, 15) is 9.59 Å². The summed E-state index contributed by atoms with van der Waals surface area (Å²) < 4.78 is 5.76. The summed E-state index contributed by atoms with van der Waals surface area (Å²) in [6.07, 6.45) is 1.41. The molecule has 7 nitrogen and oxygen atoms in total. The van der Waals surface area contributed by atoms with Gasteiger partial charge in [-0.15, -0.1) is 0 Å². The molecule has 24 heavy (non-hydrogen) atoms. The van der Waals surface area contributed by atoms with Gasteiger partial charge in [0.1, 0.15) is 5.75 Å². The molecular weight excluding hydrogens is 378 g/mol. The molecule has 124 valence electrons. The van der Waals surface area contributed by atoms with Crippen molar-refractivity contribution < 1.29 is 19.5 Å². The van der Waals surface area contributed by atoms with E-state index >= 15 is 0 Å². The summed E-state index contributed by atoms with van der Waals surface area (Å²) in [7, 11) is 1.40. The van der Waals surface area contributed by atoms with Crippen LogP contribution < -0.4 is 15.6 Å². The lowest BCUT2D eigenvalue weighted by molar-refractivity contribution is 0.0703. The van der Waals surface area contributed by atoms with Crippen LogP contribution in [0.25, 0.3) is 0 Å². The Balaban J connectivity index is 2.11. The van der Waals surface area contributed by atoms with E-state index in [0.717, 1.165) is 0 Å². The lowest BCUT2D eigenvalue weighted by Gasteiger charge is -2.07. The van der Waals surface area contributed by atoms with Gasteiger partial charge in [0.25, 0.3) is 11.8 Å². The van der Waals surface area contributed by atoms with Crippen LogP contribution >= 0.6 is 15.9 Å². The molecule has 0 saturated heterocycles. The van der Waals surface area contributed by atoms with E-state index in [1.165, 1.54) is 19.4 Å². The second kappa shape index (κ2) is 8.23. The molecule has 0 atom stereocenters. The molecule has 0 fully saturated rings. The first kappa shape index (κ1) is 17.6.